The van der Waals surface area contributed by atoms with Crippen molar-refractivity contribution < 1.29 is 9.84 Å². The summed E-state index contributed by atoms with van der Waals surface area (Å²) in [5.74, 6) is 1.57. The molecule has 0 saturated heterocycles. The molecule has 0 fully saturated rings. The van der Waals surface area contributed by atoms with E-state index in [-0.39, 0.29) is 17.9 Å². The number of aromatic nitrogens is 3. The maximum atomic E-state index is 9.97. The SMILES string of the molecule is CC(C)C(C)(c1ccc(/C(N)=C/C=C(\N)C(C)(C)O)cc1)c1ccc(OCc2ncccn2)cn1. The summed E-state index contributed by atoms with van der Waals surface area (Å²) < 4.78 is 5.79. The lowest BCUT2D eigenvalue weighted by Crippen LogP contribution is -2.31. The number of aliphatic hydroxyl groups is 1. The predicted octanol–water partition coefficient (Wildman–Crippen LogP) is 4.33. The molecule has 2 heterocycles. The zero-order chi connectivity index (χ0) is 25.6. The van der Waals surface area contributed by atoms with Gasteiger partial charge in [-0.05, 0) is 68.2 Å². The molecule has 2 aromatic heterocycles. The van der Waals surface area contributed by atoms with E-state index < -0.39 is 5.60 Å². The lowest BCUT2D eigenvalue weighted by molar-refractivity contribution is 0.118. The monoisotopic (exact) mass is 473 g/mol. The highest BCUT2D eigenvalue weighted by molar-refractivity contribution is 5.65. The summed E-state index contributed by atoms with van der Waals surface area (Å²) >= 11 is 0. The van der Waals surface area contributed by atoms with Crippen LogP contribution in [-0.2, 0) is 12.0 Å². The van der Waals surface area contributed by atoms with E-state index >= 15 is 0 Å². The Morgan fingerprint density at radius 2 is 1.63 bits per heavy atom. The number of pyridine rings is 1. The van der Waals surface area contributed by atoms with E-state index in [1.807, 2.05) is 24.3 Å². The Labute approximate surface area is 207 Å². The standard InChI is InChI=1S/C28H35N5O2/c1-19(2)28(5,25-14-11-22(17-33-25)35-18-26-31-15-6-16-32-26)21-9-7-20(8-10-21)23(29)12-13-24(30)27(3,4)34/h6-17,19,34H,18,29-30H2,1-5H3/b23-12-,24-13-. The third-order valence-electron chi connectivity index (χ3n) is 6.38. The second-order valence-electron chi connectivity index (χ2n) is 9.57. The summed E-state index contributed by atoms with van der Waals surface area (Å²) in [5.41, 5.74) is 14.6. The van der Waals surface area contributed by atoms with Crippen LogP contribution in [0.15, 0.2) is 78.9 Å². The van der Waals surface area contributed by atoms with Crippen molar-refractivity contribution in [2.75, 3.05) is 0 Å². The molecule has 0 aliphatic rings. The summed E-state index contributed by atoms with van der Waals surface area (Å²) in [6.45, 7) is 10.1. The average Bonchev–Trinajstić information content (AvgIpc) is 2.85. The first-order valence-electron chi connectivity index (χ1n) is 11.6. The fraction of sp³-hybridized carbons (Fsp3) is 0.321. The molecule has 1 atom stereocenters. The van der Waals surface area contributed by atoms with Gasteiger partial charge in [0.2, 0.25) is 0 Å². The number of ether oxygens (including phenoxy) is 1. The molecule has 0 amide bonds. The van der Waals surface area contributed by atoms with Crippen LogP contribution in [0.5, 0.6) is 5.75 Å². The van der Waals surface area contributed by atoms with E-state index in [1.54, 1.807) is 50.7 Å². The molecule has 7 nitrogen and oxygen atoms in total. The fourth-order valence-corrected chi connectivity index (χ4v) is 3.59. The Balaban J connectivity index is 1.80. The molecular formula is C28H35N5O2. The largest absolute Gasteiger partial charge is 0.484 e. The van der Waals surface area contributed by atoms with Gasteiger partial charge in [0.1, 0.15) is 12.4 Å². The smallest absolute Gasteiger partial charge is 0.166 e. The molecule has 7 heteroatoms. The van der Waals surface area contributed by atoms with Crippen LogP contribution in [-0.4, -0.2) is 25.7 Å². The summed E-state index contributed by atoms with van der Waals surface area (Å²) in [6.07, 6.45) is 8.48. The van der Waals surface area contributed by atoms with Crippen molar-refractivity contribution in [3.8, 4) is 5.75 Å². The maximum Gasteiger partial charge on any atom is 0.166 e. The van der Waals surface area contributed by atoms with Crippen LogP contribution in [0, 0.1) is 5.92 Å². The van der Waals surface area contributed by atoms with E-state index in [2.05, 4.69) is 42.9 Å². The van der Waals surface area contributed by atoms with E-state index in [4.69, 9.17) is 21.2 Å². The van der Waals surface area contributed by atoms with Crippen molar-refractivity contribution in [2.45, 2.75) is 52.2 Å². The van der Waals surface area contributed by atoms with E-state index in [0.717, 1.165) is 16.8 Å². The predicted molar refractivity (Wildman–Crippen MR) is 139 cm³/mol. The van der Waals surface area contributed by atoms with Gasteiger partial charge in [0.15, 0.2) is 5.82 Å². The lowest BCUT2D eigenvalue weighted by atomic mass is 9.70. The first-order chi connectivity index (χ1) is 16.5. The minimum atomic E-state index is -1.09. The Morgan fingerprint density at radius 1 is 0.971 bits per heavy atom. The Bertz CT molecular complexity index is 1160. The maximum absolute atomic E-state index is 9.97. The van der Waals surface area contributed by atoms with Gasteiger partial charge >= 0.3 is 0 Å². The van der Waals surface area contributed by atoms with Crippen LogP contribution in [0.4, 0.5) is 0 Å². The minimum Gasteiger partial charge on any atom is -0.484 e. The first kappa shape index (κ1) is 25.9. The topological polar surface area (TPSA) is 120 Å². The van der Waals surface area contributed by atoms with Gasteiger partial charge in [0, 0.05) is 29.2 Å². The molecule has 184 valence electrons. The number of rotatable bonds is 9. The molecule has 0 bridgehead atoms. The zero-order valence-corrected chi connectivity index (χ0v) is 21.1. The second-order valence-corrected chi connectivity index (χ2v) is 9.57. The fourth-order valence-electron chi connectivity index (χ4n) is 3.59. The van der Waals surface area contributed by atoms with Crippen molar-refractivity contribution in [1.29, 1.82) is 0 Å². The van der Waals surface area contributed by atoms with Crippen LogP contribution >= 0.6 is 0 Å². The molecule has 5 N–H and O–H groups in total. The summed E-state index contributed by atoms with van der Waals surface area (Å²) in [5, 5.41) is 9.97. The number of nitrogens with zero attached hydrogens (tertiary/aromatic N) is 3. The van der Waals surface area contributed by atoms with Crippen molar-refractivity contribution in [1.82, 2.24) is 15.0 Å². The first-order valence-corrected chi connectivity index (χ1v) is 11.6. The molecule has 0 saturated carbocycles. The normalized spacial score (nSPS) is 14.6. The van der Waals surface area contributed by atoms with Gasteiger partial charge in [0.25, 0.3) is 0 Å². The van der Waals surface area contributed by atoms with E-state index in [1.165, 1.54) is 0 Å². The quantitative estimate of drug-likeness (QED) is 0.396. The molecule has 3 aromatic rings. The molecular weight excluding hydrogens is 438 g/mol. The van der Waals surface area contributed by atoms with Crippen molar-refractivity contribution in [3.05, 3.63) is 102 Å². The highest BCUT2D eigenvalue weighted by Gasteiger charge is 2.34. The molecule has 0 aliphatic heterocycles. The number of benzene rings is 1. The number of hydrogen-bond acceptors (Lipinski definition) is 7. The summed E-state index contributed by atoms with van der Waals surface area (Å²) in [4.78, 5) is 13.1. The highest BCUT2D eigenvalue weighted by Crippen LogP contribution is 2.38. The second kappa shape index (κ2) is 10.7. The molecule has 3 rings (SSSR count). The Hall–Kier alpha value is -3.71. The lowest BCUT2D eigenvalue weighted by Gasteiger charge is -2.34. The van der Waals surface area contributed by atoms with Gasteiger partial charge in [-0.2, -0.15) is 0 Å². The Kier molecular flexibility index (Phi) is 7.92. The Morgan fingerprint density at radius 3 is 2.17 bits per heavy atom. The van der Waals surface area contributed by atoms with Gasteiger partial charge in [-0.1, -0.05) is 38.1 Å². The van der Waals surface area contributed by atoms with Crippen LogP contribution in [0.25, 0.3) is 5.70 Å². The summed E-state index contributed by atoms with van der Waals surface area (Å²) in [7, 11) is 0. The van der Waals surface area contributed by atoms with Crippen molar-refractivity contribution in [2.24, 2.45) is 17.4 Å². The average molecular weight is 474 g/mol. The molecule has 0 aliphatic carbocycles. The molecule has 1 unspecified atom stereocenters. The van der Waals surface area contributed by atoms with Crippen LogP contribution in [0.3, 0.4) is 0 Å². The van der Waals surface area contributed by atoms with Gasteiger partial charge in [-0.15, -0.1) is 0 Å². The van der Waals surface area contributed by atoms with Crippen LogP contribution < -0.4 is 16.2 Å². The van der Waals surface area contributed by atoms with Gasteiger partial charge in [-0.3, -0.25) is 4.98 Å². The minimum absolute atomic E-state index is 0.285. The van der Waals surface area contributed by atoms with E-state index in [9.17, 15) is 5.11 Å². The van der Waals surface area contributed by atoms with Gasteiger partial charge < -0.3 is 21.3 Å². The molecule has 35 heavy (non-hydrogen) atoms. The third-order valence-corrected chi connectivity index (χ3v) is 6.38. The highest BCUT2D eigenvalue weighted by atomic mass is 16.5. The third kappa shape index (κ3) is 6.25. The number of nitrogens with two attached hydrogens (primary N) is 2. The molecule has 1 aromatic carbocycles. The molecule has 0 radical (unpaired) electrons. The summed E-state index contributed by atoms with van der Waals surface area (Å²) in [6, 6.07) is 13.9. The van der Waals surface area contributed by atoms with Crippen LogP contribution in [0.1, 0.15) is 57.3 Å². The number of allylic oxidation sites excluding steroid dienone is 2. The van der Waals surface area contributed by atoms with Crippen molar-refractivity contribution >= 4 is 5.70 Å². The zero-order valence-electron chi connectivity index (χ0n) is 21.1. The van der Waals surface area contributed by atoms with E-state index in [0.29, 0.717) is 23.0 Å². The van der Waals surface area contributed by atoms with Crippen molar-refractivity contribution in [3.63, 3.8) is 0 Å². The molecule has 0 spiro atoms. The van der Waals surface area contributed by atoms with Gasteiger partial charge in [-0.25, -0.2) is 9.97 Å². The number of hydrogen-bond donors (Lipinski definition) is 3. The van der Waals surface area contributed by atoms with Gasteiger partial charge in [0.05, 0.1) is 17.5 Å². The van der Waals surface area contributed by atoms with Crippen LogP contribution in [0.2, 0.25) is 0 Å².